The fraction of sp³-hybridized carbons (Fsp3) is 0.348. The summed E-state index contributed by atoms with van der Waals surface area (Å²) >= 11 is 6.14. The number of carbonyl (C=O) groups excluding carboxylic acids is 1. The Hall–Kier alpha value is -2.86. The fourth-order valence-electron chi connectivity index (χ4n) is 4.48. The molecule has 3 aromatic rings. The Labute approximate surface area is 181 Å². The first kappa shape index (κ1) is 19.1. The predicted molar refractivity (Wildman–Crippen MR) is 118 cm³/mol. The maximum absolute atomic E-state index is 13.1. The quantitative estimate of drug-likeness (QED) is 0.600. The molecule has 6 nitrogen and oxygen atoms in total. The van der Waals surface area contributed by atoms with E-state index < -0.39 is 0 Å². The van der Waals surface area contributed by atoms with Crippen molar-refractivity contribution in [1.82, 2.24) is 19.7 Å². The van der Waals surface area contributed by atoms with Crippen molar-refractivity contribution in [3.63, 3.8) is 0 Å². The van der Waals surface area contributed by atoms with Crippen molar-refractivity contribution in [2.45, 2.75) is 32.6 Å². The molecular formula is C23H24ClN5O. The lowest BCUT2D eigenvalue weighted by Crippen LogP contribution is -2.28. The van der Waals surface area contributed by atoms with Gasteiger partial charge in [0.1, 0.15) is 11.6 Å². The van der Waals surface area contributed by atoms with E-state index in [0.29, 0.717) is 5.02 Å². The van der Waals surface area contributed by atoms with Crippen molar-refractivity contribution in [2.24, 2.45) is 0 Å². The monoisotopic (exact) mass is 421 g/mol. The number of anilines is 2. The van der Waals surface area contributed by atoms with E-state index in [2.05, 4.69) is 26.6 Å². The van der Waals surface area contributed by atoms with Gasteiger partial charge < -0.3 is 9.80 Å². The first-order valence-electron chi connectivity index (χ1n) is 10.4. The molecule has 0 radical (unpaired) electrons. The molecule has 2 aliphatic heterocycles. The molecular weight excluding hydrogens is 398 g/mol. The van der Waals surface area contributed by atoms with Gasteiger partial charge in [0.25, 0.3) is 5.91 Å². The van der Waals surface area contributed by atoms with E-state index in [4.69, 9.17) is 11.6 Å². The Morgan fingerprint density at radius 1 is 1.03 bits per heavy atom. The maximum Gasteiger partial charge on any atom is 0.253 e. The van der Waals surface area contributed by atoms with E-state index in [0.717, 1.165) is 66.8 Å². The number of likely N-dealkylation sites (tertiary alicyclic amines) is 1. The number of benzene rings is 2. The van der Waals surface area contributed by atoms with Crippen LogP contribution in [0.3, 0.4) is 0 Å². The zero-order valence-corrected chi connectivity index (χ0v) is 17.9. The molecule has 2 aliphatic rings. The molecule has 2 aromatic carbocycles. The number of amides is 1. The third-order valence-electron chi connectivity index (χ3n) is 6.03. The van der Waals surface area contributed by atoms with E-state index in [-0.39, 0.29) is 11.8 Å². The summed E-state index contributed by atoms with van der Waals surface area (Å²) in [7, 11) is 0. The molecule has 1 aromatic heterocycles. The SMILES string of the molecule is Cc1nnc2n1-c1ccc(C(=O)N3CCCC3)cc1N(c1ccc(Cl)cc1)CC2C. The Bertz CT molecular complexity index is 1100. The van der Waals surface area contributed by atoms with Crippen LogP contribution in [0.5, 0.6) is 0 Å². The van der Waals surface area contributed by atoms with Crippen LogP contribution in [0.2, 0.25) is 5.02 Å². The molecule has 1 unspecified atom stereocenters. The summed E-state index contributed by atoms with van der Waals surface area (Å²) < 4.78 is 2.11. The van der Waals surface area contributed by atoms with Crippen LogP contribution >= 0.6 is 11.6 Å². The number of halogens is 1. The number of hydrogen-bond donors (Lipinski definition) is 0. The van der Waals surface area contributed by atoms with Gasteiger partial charge in [-0.25, -0.2) is 0 Å². The number of aromatic nitrogens is 3. The standard InChI is InChI=1S/C23H24ClN5O/c1-15-14-28(19-8-6-18(24)7-9-19)21-13-17(23(30)27-11-3-4-12-27)5-10-20(21)29-16(2)25-26-22(15)29/h5-10,13,15H,3-4,11-12,14H2,1-2H3. The summed E-state index contributed by atoms with van der Waals surface area (Å²) in [5, 5.41) is 9.47. The first-order chi connectivity index (χ1) is 14.5. The Morgan fingerprint density at radius 3 is 2.50 bits per heavy atom. The van der Waals surface area contributed by atoms with Crippen LogP contribution in [0.25, 0.3) is 5.69 Å². The highest BCUT2D eigenvalue weighted by Gasteiger charge is 2.29. The van der Waals surface area contributed by atoms with Gasteiger partial charge in [0.15, 0.2) is 0 Å². The molecule has 0 N–H and O–H groups in total. The molecule has 0 saturated carbocycles. The minimum absolute atomic E-state index is 0.101. The smallest absolute Gasteiger partial charge is 0.253 e. The lowest BCUT2D eigenvalue weighted by Gasteiger charge is -2.27. The average Bonchev–Trinajstić information content (AvgIpc) is 3.39. The number of carbonyl (C=O) groups is 1. The molecule has 5 rings (SSSR count). The zero-order chi connectivity index (χ0) is 20.8. The summed E-state index contributed by atoms with van der Waals surface area (Å²) in [6.07, 6.45) is 2.16. The van der Waals surface area contributed by atoms with E-state index in [9.17, 15) is 4.79 Å². The third-order valence-corrected chi connectivity index (χ3v) is 6.28. The first-order valence-corrected chi connectivity index (χ1v) is 10.8. The molecule has 1 atom stereocenters. The van der Waals surface area contributed by atoms with Crippen molar-refractivity contribution in [3.05, 3.63) is 64.7 Å². The van der Waals surface area contributed by atoms with Crippen molar-refractivity contribution in [3.8, 4) is 5.69 Å². The predicted octanol–water partition coefficient (Wildman–Crippen LogP) is 4.72. The van der Waals surface area contributed by atoms with Gasteiger partial charge in [-0.2, -0.15) is 0 Å². The van der Waals surface area contributed by atoms with Crippen LogP contribution in [-0.2, 0) is 0 Å². The molecule has 0 spiro atoms. The molecule has 1 amide bonds. The molecule has 30 heavy (non-hydrogen) atoms. The van der Waals surface area contributed by atoms with Crippen molar-refractivity contribution in [1.29, 1.82) is 0 Å². The van der Waals surface area contributed by atoms with E-state index in [1.54, 1.807) is 0 Å². The lowest BCUT2D eigenvalue weighted by molar-refractivity contribution is 0.0793. The summed E-state index contributed by atoms with van der Waals surface area (Å²) in [5.74, 6) is 2.04. The highest BCUT2D eigenvalue weighted by atomic mass is 35.5. The summed E-state index contributed by atoms with van der Waals surface area (Å²) in [6.45, 7) is 6.53. The minimum atomic E-state index is 0.101. The van der Waals surface area contributed by atoms with Gasteiger partial charge >= 0.3 is 0 Å². The maximum atomic E-state index is 13.1. The highest BCUT2D eigenvalue weighted by Crippen LogP contribution is 2.39. The van der Waals surface area contributed by atoms with Crippen LogP contribution in [0.1, 0.15) is 47.7 Å². The van der Waals surface area contributed by atoms with Gasteiger partial charge in [0.2, 0.25) is 0 Å². The van der Waals surface area contributed by atoms with Gasteiger partial charge in [0.05, 0.1) is 11.4 Å². The Morgan fingerprint density at radius 2 is 1.77 bits per heavy atom. The second kappa shape index (κ2) is 7.43. The number of hydrogen-bond acceptors (Lipinski definition) is 4. The lowest BCUT2D eigenvalue weighted by atomic mass is 10.1. The molecule has 154 valence electrons. The van der Waals surface area contributed by atoms with Gasteiger partial charge in [-0.3, -0.25) is 9.36 Å². The van der Waals surface area contributed by atoms with E-state index >= 15 is 0 Å². The average molecular weight is 422 g/mol. The third kappa shape index (κ3) is 3.16. The van der Waals surface area contributed by atoms with Crippen LogP contribution in [0.15, 0.2) is 42.5 Å². The van der Waals surface area contributed by atoms with Gasteiger partial charge in [-0.1, -0.05) is 18.5 Å². The summed E-state index contributed by atoms with van der Waals surface area (Å²) in [6, 6.07) is 13.8. The minimum Gasteiger partial charge on any atom is -0.339 e. The van der Waals surface area contributed by atoms with Crippen molar-refractivity contribution < 1.29 is 4.79 Å². The topological polar surface area (TPSA) is 54.3 Å². The molecule has 0 aliphatic carbocycles. The second-order valence-electron chi connectivity index (χ2n) is 8.13. The molecule has 7 heteroatoms. The van der Waals surface area contributed by atoms with Crippen LogP contribution in [0, 0.1) is 6.92 Å². The Kier molecular flexibility index (Phi) is 4.74. The second-order valence-corrected chi connectivity index (χ2v) is 8.57. The number of aryl methyl sites for hydroxylation is 1. The number of rotatable bonds is 2. The van der Waals surface area contributed by atoms with E-state index in [1.165, 1.54) is 0 Å². The van der Waals surface area contributed by atoms with Gasteiger partial charge in [0, 0.05) is 41.8 Å². The van der Waals surface area contributed by atoms with Gasteiger partial charge in [-0.05, 0) is 62.2 Å². The number of fused-ring (bicyclic) bond motifs is 3. The Balaban J connectivity index is 1.67. The highest BCUT2D eigenvalue weighted by molar-refractivity contribution is 6.30. The molecule has 1 saturated heterocycles. The van der Waals surface area contributed by atoms with Crippen LogP contribution in [0.4, 0.5) is 11.4 Å². The van der Waals surface area contributed by atoms with Crippen molar-refractivity contribution in [2.75, 3.05) is 24.5 Å². The summed E-state index contributed by atoms with van der Waals surface area (Å²) in [4.78, 5) is 17.3. The zero-order valence-electron chi connectivity index (χ0n) is 17.2. The van der Waals surface area contributed by atoms with Crippen LogP contribution in [-0.4, -0.2) is 45.2 Å². The van der Waals surface area contributed by atoms with Crippen molar-refractivity contribution >= 4 is 28.9 Å². The molecule has 1 fully saturated rings. The summed E-state index contributed by atoms with van der Waals surface area (Å²) in [5.41, 5.74) is 3.73. The number of nitrogens with zero attached hydrogens (tertiary/aromatic N) is 5. The van der Waals surface area contributed by atoms with Crippen LogP contribution < -0.4 is 4.90 Å². The normalized spacial score (nSPS) is 18.2. The largest absolute Gasteiger partial charge is 0.339 e. The molecule has 3 heterocycles. The van der Waals surface area contributed by atoms with E-state index in [1.807, 2.05) is 54.3 Å². The fourth-order valence-corrected chi connectivity index (χ4v) is 4.61. The molecule has 0 bridgehead atoms. The van der Waals surface area contributed by atoms with Gasteiger partial charge in [-0.15, -0.1) is 10.2 Å².